The van der Waals surface area contributed by atoms with Crippen LogP contribution in [0.5, 0.6) is 0 Å². The third-order valence-electron chi connectivity index (χ3n) is 4.80. The van der Waals surface area contributed by atoms with Crippen LogP contribution >= 0.6 is 11.3 Å². The summed E-state index contributed by atoms with van der Waals surface area (Å²) >= 11 is 1.46. The molecule has 0 aliphatic carbocycles. The van der Waals surface area contributed by atoms with Gasteiger partial charge < -0.3 is 4.74 Å². The van der Waals surface area contributed by atoms with E-state index in [2.05, 4.69) is 17.5 Å². The summed E-state index contributed by atoms with van der Waals surface area (Å²) in [6.45, 7) is 3.95. The van der Waals surface area contributed by atoms with Crippen molar-refractivity contribution in [2.24, 2.45) is 5.41 Å². The number of hydrogen-bond acceptors (Lipinski definition) is 6. The molecule has 132 valence electrons. The normalized spacial score (nSPS) is 23.8. The summed E-state index contributed by atoms with van der Waals surface area (Å²) in [5.41, 5.74) is 0.447. The molecule has 1 aromatic carbocycles. The summed E-state index contributed by atoms with van der Waals surface area (Å²) < 4.78 is 5.23. The maximum Gasteiger partial charge on any atom is 0.323 e. The number of carbonyl (C=O) groups is 1. The molecule has 0 unspecified atom stereocenters. The molecule has 0 radical (unpaired) electrons. The van der Waals surface area contributed by atoms with Crippen molar-refractivity contribution in [1.82, 2.24) is 5.32 Å². The zero-order chi connectivity index (χ0) is 18.7. The van der Waals surface area contributed by atoms with Gasteiger partial charge in [-0.3, -0.25) is 10.1 Å². The van der Waals surface area contributed by atoms with Crippen molar-refractivity contribution >= 4 is 17.3 Å². The lowest BCUT2D eigenvalue weighted by Crippen LogP contribution is -2.37. The van der Waals surface area contributed by atoms with Crippen LogP contribution in [0.15, 0.2) is 41.8 Å². The zero-order valence-corrected chi connectivity index (χ0v) is 15.4. The summed E-state index contributed by atoms with van der Waals surface area (Å²) in [6, 6.07) is 14.5. The Labute approximate surface area is 156 Å². The molecular formula is C20H19N3O2S. The van der Waals surface area contributed by atoms with E-state index in [-0.39, 0.29) is 6.61 Å². The number of nitrogens with zero attached hydrogens (tertiary/aromatic N) is 2. The van der Waals surface area contributed by atoms with Gasteiger partial charge in [0.15, 0.2) is 5.41 Å². The Morgan fingerprint density at radius 2 is 1.96 bits per heavy atom. The van der Waals surface area contributed by atoms with Crippen molar-refractivity contribution in [3.05, 3.63) is 57.8 Å². The molecule has 0 amide bonds. The second-order valence-electron chi connectivity index (χ2n) is 6.33. The van der Waals surface area contributed by atoms with Gasteiger partial charge in [0.25, 0.3) is 0 Å². The summed E-state index contributed by atoms with van der Waals surface area (Å²) in [6.07, 6.45) is 0. The maximum atomic E-state index is 12.6. The number of rotatable bonds is 4. The molecule has 2 heterocycles. The highest BCUT2D eigenvalue weighted by Crippen LogP contribution is 2.53. The number of carbonyl (C=O) groups excluding carboxylic acids is 1. The standard InChI is InChI=1S/C20H19N3O2S/c1-3-25-19(24)17-16(14-8-6-13(2)7-9-14)20(11-21,12-22)18(23-17)15-5-4-10-26-15/h4-10,16-18,23H,3H2,1-2H3/t16-,17+,18-/m0/s1. The minimum absolute atomic E-state index is 0.243. The molecule has 2 aromatic rings. The van der Waals surface area contributed by atoms with Crippen LogP contribution in [0.2, 0.25) is 0 Å². The fourth-order valence-corrected chi connectivity index (χ4v) is 4.43. The molecule has 1 aliphatic heterocycles. The van der Waals surface area contributed by atoms with Gasteiger partial charge in [0.05, 0.1) is 24.8 Å². The first-order valence-electron chi connectivity index (χ1n) is 8.42. The molecule has 0 spiro atoms. The minimum atomic E-state index is -1.41. The van der Waals surface area contributed by atoms with Crippen molar-refractivity contribution in [3.8, 4) is 12.1 Å². The van der Waals surface area contributed by atoms with Gasteiger partial charge in [-0.1, -0.05) is 35.9 Å². The molecule has 5 nitrogen and oxygen atoms in total. The predicted molar refractivity (Wildman–Crippen MR) is 98.2 cm³/mol. The first kappa shape index (κ1) is 18.1. The molecule has 6 heteroatoms. The number of thiophene rings is 1. The topological polar surface area (TPSA) is 85.9 Å². The van der Waals surface area contributed by atoms with Gasteiger partial charge in [-0.2, -0.15) is 10.5 Å². The molecule has 1 fully saturated rings. The van der Waals surface area contributed by atoms with E-state index in [0.717, 1.165) is 16.0 Å². The molecule has 0 bridgehead atoms. The average Bonchev–Trinajstić information content (AvgIpc) is 3.28. The fraction of sp³-hybridized carbons (Fsp3) is 0.350. The molecule has 3 rings (SSSR count). The van der Waals surface area contributed by atoms with E-state index in [1.165, 1.54) is 11.3 Å². The molecule has 1 aliphatic rings. The number of hydrogen-bond donors (Lipinski definition) is 1. The van der Waals surface area contributed by atoms with Crippen LogP contribution < -0.4 is 5.32 Å². The molecule has 3 atom stereocenters. The van der Waals surface area contributed by atoms with Crippen molar-refractivity contribution in [3.63, 3.8) is 0 Å². The summed E-state index contributed by atoms with van der Waals surface area (Å²) in [5, 5.41) is 25.2. The van der Waals surface area contributed by atoms with Gasteiger partial charge >= 0.3 is 5.97 Å². The van der Waals surface area contributed by atoms with Crippen LogP contribution in [0, 0.1) is 35.0 Å². The Morgan fingerprint density at radius 1 is 1.27 bits per heavy atom. The quantitative estimate of drug-likeness (QED) is 0.839. The number of benzene rings is 1. The molecule has 1 N–H and O–H groups in total. The third-order valence-corrected chi connectivity index (χ3v) is 5.74. The molecule has 0 saturated carbocycles. The van der Waals surface area contributed by atoms with Gasteiger partial charge in [-0.05, 0) is 30.9 Å². The largest absolute Gasteiger partial charge is 0.465 e. The van der Waals surface area contributed by atoms with E-state index in [9.17, 15) is 15.3 Å². The van der Waals surface area contributed by atoms with Crippen molar-refractivity contribution < 1.29 is 9.53 Å². The van der Waals surface area contributed by atoms with Crippen LogP contribution in [0.4, 0.5) is 0 Å². The average molecular weight is 365 g/mol. The van der Waals surface area contributed by atoms with E-state index in [0.29, 0.717) is 0 Å². The smallest absolute Gasteiger partial charge is 0.323 e. The number of aryl methyl sites for hydroxylation is 1. The Balaban J connectivity index is 2.16. The van der Waals surface area contributed by atoms with E-state index < -0.39 is 29.4 Å². The highest BCUT2D eigenvalue weighted by Gasteiger charge is 2.60. The van der Waals surface area contributed by atoms with Crippen LogP contribution in [0.25, 0.3) is 0 Å². The summed E-state index contributed by atoms with van der Waals surface area (Å²) in [7, 11) is 0. The highest BCUT2D eigenvalue weighted by molar-refractivity contribution is 7.10. The monoisotopic (exact) mass is 365 g/mol. The second kappa shape index (κ2) is 7.29. The van der Waals surface area contributed by atoms with E-state index in [1.807, 2.05) is 48.7 Å². The highest BCUT2D eigenvalue weighted by atomic mass is 32.1. The fourth-order valence-electron chi connectivity index (χ4n) is 3.57. The summed E-state index contributed by atoms with van der Waals surface area (Å²) in [5.74, 6) is -1.06. The Bertz CT molecular complexity index is 848. The van der Waals surface area contributed by atoms with Crippen LogP contribution in [-0.4, -0.2) is 18.6 Å². The number of nitrogens with one attached hydrogen (secondary N) is 1. The lowest BCUT2D eigenvalue weighted by Gasteiger charge is -2.27. The van der Waals surface area contributed by atoms with Crippen LogP contribution in [0.1, 0.15) is 34.9 Å². The van der Waals surface area contributed by atoms with Crippen molar-refractivity contribution in [1.29, 1.82) is 10.5 Å². The number of nitriles is 2. The van der Waals surface area contributed by atoms with Gasteiger partial charge in [-0.25, -0.2) is 0 Å². The molecule has 1 aromatic heterocycles. The van der Waals surface area contributed by atoms with Crippen molar-refractivity contribution in [2.45, 2.75) is 31.8 Å². The predicted octanol–water partition coefficient (Wildman–Crippen LogP) is 3.45. The van der Waals surface area contributed by atoms with Gasteiger partial charge in [-0.15, -0.1) is 11.3 Å². The maximum absolute atomic E-state index is 12.6. The van der Waals surface area contributed by atoms with E-state index in [4.69, 9.17) is 4.74 Å². The second-order valence-corrected chi connectivity index (χ2v) is 7.31. The molecule has 1 saturated heterocycles. The lowest BCUT2D eigenvalue weighted by molar-refractivity contribution is -0.145. The summed E-state index contributed by atoms with van der Waals surface area (Å²) in [4.78, 5) is 13.5. The van der Waals surface area contributed by atoms with Crippen LogP contribution in [-0.2, 0) is 9.53 Å². The van der Waals surface area contributed by atoms with Crippen molar-refractivity contribution in [2.75, 3.05) is 6.61 Å². The molecular weight excluding hydrogens is 346 g/mol. The lowest BCUT2D eigenvalue weighted by atomic mass is 9.70. The Morgan fingerprint density at radius 3 is 2.50 bits per heavy atom. The van der Waals surface area contributed by atoms with E-state index >= 15 is 0 Å². The number of ether oxygens (including phenoxy) is 1. The Kier molecular flexibility index (Phi) is 5.08. The molecule has 26 heavy (non-hydrogen) atoms. The first-order chi connectivity index (χ1) is 12.6. The SMILES string of the molecule is CCOC(=O)[C@@H]1N[C@@H](c2cccs2)C(C#N)(C#N)[C@H]1c1ccc(C)cc1. The van der Waals surface area contributed by atoms with Gasteiger partial charge in [0.1, 0.15) is 6.04 Å². The van der Waals surface area contributed by atoms with Crippen LogP contribution in [0.3, 0.4) is 0 Å². The number of esters is 1. The minimum Gasteiger partial charge on any atom is -0.465 e. The van der Waals surface area contributed by atoms with E-state index in [1.54, 1.807) is 6.92 Å². The third kappa shape index (κ3) is 2.88. The van der Waals surface area contributed by atoms with Gasteiger partial charge in [0.2, 0.25) is 0 Å². The zero-order valence-electron chi connectivity index (χ0n) is 14.6. The Hall–Kier alpha value is -2.67. The first-order valence-corrected chi connectivity index (χ1v) is 9.30. The van der Waals surface area contributed by atoms with Gasteiger partial charge in [0, 0.05) is 10.8 Å².